The van der Waals surface area contributed by atoms with Gasteiger partial charge in [-0.2, -0.15) is 18.3 Å². The second-order valence-electron chi connectivity index (χ2n) is 8.79. The van der Waals surface area contributed by atoms with Gasteiger partial charge in [0.2, 0.25) is 11.3 Å². The Bertz CT molecular complexity index is 1830. The Hall–Kier alpha value is -4.44. The monoisotopic (exact) mass is 593 g/mol. The van der Waals surface area contributed by atoms with Gasteiger partial charge in [0, 0.05) is 10.0 Å². The highest BCUT2D eigenvalue weighted by Gasteiger charge is 2.47. The van der Waals surface area contributed by atoms with Crippen LogP contribution in [-0.2, 0) is 4.79 Å². The third kappa shape index (κ3) is 4.26. The molecule has 4 aromatic carbocycles. The summed E-state index contributed by atoms with van der Waals surface area (Å²) in [6.07, 6.45) is -5.18. The number of anilines is 2. The quantitative estimate of drug-likeness (QED) is 0.167. The molecule has 1 N–H and O–H groups in total. The molecule has 0 spiro atoms. The number of hydrogen-bond donors (Lipinski definition) is 1. The third-order valence-electron chi connectivity index (χ3n) is 6.35. The summed E-state index contributed by atoms with van der Waals surface area (Å²) in [5, 5.41) is 3.16. The van der Waals surface area contributed by atoms with Crippen LogP contribution >= 0.6 is 15.9 Å². The third-order valence-corrected chi connectivity index (χ3v) is 6.88. The Morgan fingerprint density at radius 1 is 0.821 bits per heavy atom. The highest BCUT2D eigenvalue weighted by molar-refractivity contribution is 9.10. The van der Waals surface area contributed by atoms with E-state index in [9.17, 15) is 22.4 Å². The molecule has 0 aliphatic carbocycles. The van der Waals surface area contributed by atoms with Gasteiger partial charge in [0.05, 0.1) is 11.3 Å². The molecular weight excluding hydrogens is 576 g/mol. The van der Waals surface area contributed by atoms with Gasteiger partial charge >= 0.3 is 12.1 Å². The van der Waals surface area contributed by atoms with E-state index in [2.05, 4.69) is 21.0 Å². The number of hydrogen-bond acceptors (Lipinski definition) is 1. The van der Waals surface area contributed by atoms with Crippen molar-refractivity contribution in [1.29, 1.82) is 0 Å². The number of carbonyl (C=O) groups is 1. The van der Waals surface area contributed by atoms with Gasteiger partial charge in [0.15, 0.2) is 11.2 Å². The lowest BCUT2D eigenvalue weighted by Crippen LogP contribution is -2.40. The fourth-order valence-corrected chi connectivity index (χ4v) is 4.98. The van der Waals surface area contributed by atoms with Crippen LogP contribution in [-0.4, -0.2) is 21.8 Å². The summed E-state index contributed by atoms with van der Waals surface area (Å²) in [5.74, 6) is -2.57. The number of nitrogens with zero attached hydrogens (tertiary/aromatic N) is 3. The zero-order valence-electron chi connectivity index (χ0n) is 20.0. The number of halogens is 5. The molecule has 0 aliphatic heterocycles. The molecule has 0 saturated carbocycles. The molecular formula is C29H18BrF4N4O+. The Morgan fingerprint density at radius 3 is 2.10 bits per heavy atom. The lowest BCUT2D eigenvalue weighted by molar-refractivity contribution is -0.580. The SMILES string of the molecule is O=C(N(c1ccccc1)c1c(-c2ccc(Br)cc2)c(-c2ccc(F)cc2)[n+]2c3ccccc3[nH]n12)C(F)(F)F. The summed E-state index contributed by atoms with van der Waals surface area (Å²) < 4.78 is 60.4. The van der Waals surface area contributed by atoms with Crippen LogP contribution in [0.3, 0.4) is 0 Å². The zero-order chi connectivity index (χ0) is 27.3. The first-order valence-corrected chi connectivity index (χ1v) is 12.6. The van der Waals surface area contributed by atoms with Crippen LogP contribution in [0.1, 0.15) is 0 Å². The van der Waals surface area contributed by atoms with Crippen molar-refractivity contribution in [2.24, 2.45) is 0 Å². The van der Waals surface area contributed by atoms with Crippen molar-refractivity contribution in [3.05, 3.63) is 113 Å². The summed E-state index contributed by atoms with van der Waals surface area (Å²) in [4.78, 5) is 13.8. The average molecular weight is 594 g/mol. The van der Waals surface area contributed by atoms with Crippen LogP contribution in [0, 0.1) is 5.82 Å². The molecule has 0 atom stereocenters. The number of benzene rings is 4. The number of carbonyl (C=O) groups excluding carboxylic acids is 1. The first kappa shape index (κ1) is 24.9. The number of aromatic nitrogens is 3. The Balaban J connectivity index is 1.83. The lowest BCUT2D eigenvalue weighted by Gasteiger charge is -2.23. The standard InChI is InChI=1S/C29H18BrF4N4O/c30-20-14-10-18(11-15-20)25-26(19-12-16-21(31)17-13-19)37-24-9-5-4-8-23(24)35-38(37)27(25)36(28(39)29(32,33)34)22-6-2-1-3-7-22/h1-17,35H/q+1. The molecule has 5 nitrogen and oxygen atoms in total. The predicted octanol–water partition coefficient (Wildman–Crippen LogP) is 7.47. The van der Waals surface area contributed by atoms with E-state index >= 15 is 0 Å². The van der Waals surface area contributed by atoms with Crippen LogP contribution in [0.4, 0.5) is 29.1 Å². The maximum Gasteiger partial charge on any atom is 0.472 e. The van der Waals surface area contributed by atoms with E-state index in [0.717, 1.165) is 4.47 Å². The van der Waals surface area contributed by atoms with Gasteiger partial charge in [-0.25, -0.2) is 4.39 Å². The van der Waals surface area contributed by atoms with Gasteiger partial charge < -0.3 is 0 Å². The maximum atomic E-state index is 14.2. The van der Waals surface area contributed by atoms with Crippen LogP contribution in [0.25, 0.3) is 33.4 Å². The Kier molecular flexibility index (Phi) is 5.99. The fourth-order valence-electron chi connectivity index (χ4n) is 4.71. The Morgan fingerprint density at radius 2 is 1.44 bits per heavy atom. The molecule has 6 rings (SSSR count). The second kappa shape index (κ2) is 9.39. The van der Waals surface area contributed by atoms with Crippen molar-refractivity contribution < 1.29 is 26.9 Å². The molecule has 194 valence electrons. The Labute approximate surface area is 227 Å². The minimum atomic E-state index is -5.18. The molecule has 0 saturated heterocycles. The minimum absolute atomic E-state index is 0.0301. The van der Waals surface area contributed by atoms with E-state index in [1.807, 2.05) is 6.07 Å². The van der Waals surface area contributed by atoms with Gasteiger partial charge in [-0.15, -0.1) is 4.52 Å². The highest BCUT2D eigenvalue weighted by atomic mass is 79.9. The highest BCUT2D eigenvalue weighted by Crippen LogP contribution is 2.43. The van der Waals surface area contributed by atoms with Gasteiger partial charge in [0.1, 0.15) is 5.82 Å². The normalized spacial score (nSPS) is 11.8. The summed E-state index contributed by atoms with van der Waals surface area (Å²) >= 11 is 3.41. The number of fused-ring (bicyclic) bond motifs is 3. The smallest absolute Gasteiger partial charge is 0.263 e. The van der Waals surface area contributed by atoms with Crippen LogP contribution in [0.5, 0.6) is 0 Å². The lowest BCUT2D eigenvalue weighted by atomic mass is 9.99. The zero-order valence-corrected chi connectivity index (χ0v) is 21.5. The van der Waals surface area contributed by atoms with E-state index in [-0.39, 0.29) is 11.5 Å². The van der Waals surface area contributed by atoms with Crippen LogP contribution in [0.15, 0.2) is 108 Å². The minimum Gasteiger partial charge on any atom is -0.263 e. The van der Waals surface area contributed by atoms with Crippen LogP contribution in [0.2, 0.25) is 0 Å². The summed E-state index contributed by atoms with van der Waals surface area (Å²) in [6.45, 7) is 0. The molecule has 2 heterocycles. The second-order valence-corrected chi connectivity index (χ2v) is 9.70. The van der Waals surface area contributed by atoms with Gasteiger partial charge in [0.25, 0.3) is 0 Å². The van der Waals surface area contributed by atoms with Crippen molar-refractivity contribution >= 4 is 44.4 Å². The number of amides is 1. The molecule has 1 amide bonds. The molecule has 0 bridgehead atoms. The molecule has 6 aromatic rings. The first-order chi connectivity index (χ1) is 18.7. The van der Waals surface area contributed by atoms with E-state index < -0.39 is 17.9 Å². The number of rotatable bonds is 4. The number of nitrogens with one attached hydrogen (secondary N) is 1. The number of aromatic amines is 1. The van der Waals surface area contributed by atoms with Crippen molar-refractivity contribution in [1.82, 2.24) is 9.73 Å². The van der Waals surface area contributed by atoms with Crippen molar-refractivity contribution in [3.8, 4) is 22.4 Å². The summed E-state index contributed by atoms with van der Waals surface area (Å²) in [7, 11) is 0. The maximum absolute atomic E-state index is 14.2. The largest absolute Gasteiger partial charge is 0.472 e. The molecule has 0 fully saturated rings. The van der Waals surface area contributed by atoms with Crippen molar-refractivity contribution in [2.75, 3.05) is 4.90 Å². The van der Waals surface area contributed by atoms with E-state index in [1.165, 1.54) is 28.9 Å². The van der Waals surface area contributed by atoms with Gasteiger partial charge in [-0.3, -0.25) is 9.69 Å². The molecule has 39 heavy (non-hydrogen) atoms. The molecule has 10 heteroatoms. The van der Waals surface area contributed by atoms with Crippen LogP contribution < -0.4 is 9.42 Å². The molecule has 0 aliphatic rings. The van der Waals surface area contributed by atoms with E-state index in [1.54, 1.807) is 77.3 Å². The fraction of sp³-hybridized carbons (Fsp3) is 0.0345. The van der Waals surface area contributed by atoms with Gasteiger partial charge in [-0.1, -0.05) is 58.4 Å². The van der Waals surface area contributed by atoms with Gasteiger partial charge in [-0.05, 0) is 70.9 Å². The predicted molar refractivity (Wildman–Crippen MR) is 143 cm³/mol. The van der Waals surface area contributed by atoms with Crippen molar-refractivity contribution in [3.63, 3.8) is 0 Å². The van der Waals surface area contributed by atoms with E-state index in [0.29, 0.717) is 38.3 Å². The summed E-state index contributed by atoms with van der Waals surface area (Å²) in [5.41, 5.74) is 3.21. The number of alkyl halides is 3. The molecule has 0 unspecified atom stereocenters. The number of H-pyrrole nitrogens is 1. The summed E-state index contributed by atoms with van der Waals surface area (Å²) in [6, 6.07) is 27.6. The number of para-hydroxylation sites is 3. The topological polar surface area (TPSA) is 44.6 Å². The van der Waals surface area contributed by atoms with E-state index in [4.69, 9.17) is 0 Å². The first-order valence-electron chi connectivity index (χ1n) is 11.8. The average Bonchev–Trinajstić information content (AvgIpc) is 3.45. The molecule has 0 radical (unpaired) electrons. The molecule has 2 aromatic heterocycles. The van der Waals surface area contributed by atoms with Crippen molar-refractivity contribution in [2.45, 2.75) is 6.18 Å².